The van der Waals surface area contributed by atoms with Gasteiger partial charge in [0.2, 0.25) is 0 Å². The van der Waals surface area contributed by atoms with E-state index in [1.165, 1.54) is 0 Å². The maximum absolute atomic E-state index is 6.14. The summed E-state index contributed by atoms with van der Waals surface area (Å²) in [5.74, 6) is 0.449. The standard InChI is InChI=1S/C17H12ClN5/c18-13-4-1-3-11(9-13)16-17(12-6-8-20-14(19)10-12)23-15(22-16)5-2-7-21-23/h1-10H,(H2,19,20). The summed E-state index contributed by atoms with van der Waals surface area (Å²) in [5, 5.41) is 5.08. The summed E-state index contributed by atoms with van der Waals surface area (Å²) in [4.78, 5) is 8.76. The summed E-state index contributed by atoms with van der Waals surface area (Å²) in [7, 11) is 0. The summed E-state index contributed by atoms with van der Waals surface area (Å²) in [5.41, 5.74) is 10.1. The highest BCUT2D eigenvalue weighted by atomic mass is 35.5. The molecule has 0 saturated carbocycles. The Hall–Kier alpha value is -2.92. The number of imidazole rings is 1. The summed E-state index contributed by atoms with van der Waals surface area (Å²) in [6.45, 7) is 0. The van der Waals surface area contributed by atoms with Crippen LogP contribution in [0.5, 0.6) is 0 Å². The summed E-state index contributed by atoms with van der Waals surface area (Å²) < 4.78 is 1.80. The normalized spacial score (nSPS) is 11.0. The number of anilines is 1. The van der Waals surface area contributed by atoms with Gasteiger partial charge in [-0.3, -0.25) is 0 Å². The molecule has 0 fully saturated rings. The van der Waals surface area contributed by atoms with Crippen molar-refractivity contribution < 1.29 is 0 Å². The first-order chi connectivity index (χ1) is 11.2. The number of nitrogen functional groups attached to an aromatic ring is 1. The van der Waals surface area contributed by atoms with E-state index in [9.17, 15) is 0 Å². The van der Waals surface area contributed by atoms with Gasteiger partial charge in [-0.25, -0.2) is 14.5 Å². The first-order valence-corrected chi connectivity index (χ1v) is 7.42. The van der Waals surface area contributed by atoms with Crippen molar-refractivity contribution in [3.63, 3.8) is 0 Å². The number of hydrogen-bond donors (Lipinski definition) is 1. The van der Waals surface area contributed by atoms with Crippen molar-refractivity contribution in [2.75, 3.05) is 5.73 Å². The number of pyridine rings is 1. The predicted molar refractivity (Wildman–Crippen MR) is 91.1 cm³/mol. The molecule has 1 aromatic carbocycles. The molecule has 0 amide bonds. The first-order valence-electron chi connectivity index (χ1n) is 7.04. The second-order valence-corrected chi connectivity index (χ2v) is 5.52. The fraction of sp³-hybridized carbons (Fsp3) is 0. The Morgan fingerprint density at radius 3 is 2.70 bits per heavy atom. The van der Waals surface area contributed by atoms with E-state index in [1.54, 1.807) is 16.9 Å². The molecule has 2 N–H and O–H groups in total. The van der Waals surface area contributed by atoms with E-state index in [0.717, 1.165) is 28.2 Å². The lowest BCUT2D eigenvalue weighted by Crippen LogP contribution is -1.96. The van der Waals surface area contributed by atoms with Crippen molar-refractivity contribution in [3.8, 4) is 22.5 Å². The van der Waals surface area contributed by atoms with Crippen LogP contribution < -0.4 is 5.73 Å². The molecule has 3 aromatic heterocycles. The van der Waals surface area contributed by atoms with Crippen LogP contribution in [-0.4, -0.2) is 19.6 Å². The van der Waals surface area contributed by atoms with Gasteiger partial charge < -0.3 is 5.73 Å². The highest BCUT2D eigenvalue weighted by molar-refractivity contribution is 6.30. The fourth-order valence-corrected chi connectivity index (χ4v) is 2.77. The average molecular weight is 322 g/mol. The lowest BCUT2D eigenvalue weighted by Gasteiger charge is -2.05. The molecule has 3 heterocycles. The summed E-state index contributed by atoms with van der Waals surface area (Å²) in [6, 6.07) is 15.1. The van der Waals surface area contributed by atoms with Crippen LogP contribution in [0.4, 0.5) is 5.82 Å². The van der Waals surface area contributed by atoms with Crippen LogP contribution in [-0.2, 0) is 0 Å². The van der Waals surface area contributed by atoms with Crippen LogP contribution in [0.3, 0.4) is 0 Å². The van der Waals surface area contributed by atoms with Crippen LogP contribution in [0.1, 0.15) is 0 Å². The minimum Gasteiger partial charge on any atom is -0.384 e. The molecular formula is C17H12ClN5. The van der Waals surface area contributed by atoms with Crippen LogP contribution >= 0.6 is 11.6 Å². The Morgan fingerprint density at radius 1 is 0.957 bits per heavy atom. The smallest absolute Gasteiger partial charge is 0.154 e. The van der Waals surface area contributed by atoms with Gasteiger partial charge in [0.1, 0.15) is 11.5 Å². The second kappa shape index (κ2) is 5.37. The molecule has 5 nitrogen and oxygen atoms in total. The number of hydrogen-bond acceptors (Lipinski definition) is 4. The molecule has 0 saturated heterocycles. The van der Waals surface area contributed by atoms with Gasteiger partial charge in [-0.1, -0.05) is 23.7 Å². The van der Waals surface area contributed by atoms with Crippen molar-refractivity contribution >= 4 is 23.1 Å². The van der Waals surface area contributed by atoms with Gasteiger partial charge in [0.25, 0.3) is 0 Å². The highest BCUT2D eigenvalue weighted by Gasteiger charge is 2.17. The lowest BCUT2D eigenvalue weighted by molar-refractivity contribution is 0.942. The average Bonchev–Trinajstić information content (AvgIpc) is 2.94. The minimum absolute atomic E-state index is 0.449. The van der Waals surface area contributed by atoms with Gasteiger partial charge in [-0.15, -0.1) is 0 Å². The molecule has 6 heteroatoms. The number of aromatic nitrogens is 4. The van der Waals surface area contributed by atoms with Gasteiger partial charge in [-0.2, -0.15) is 5.10 Å². The molecule has 0 unspecified atom stereocenters. The number of rotatable bonds is 2. The Morgan fingerprint density at radius 2 is 1.87 bits per heavy atom. The zero-order valence-corrected chi connectivity index (χ0v) is 12.8. The highest BCUT2D eigenvalue weighted by Crippen LogP contribution is 2.33. The van der Waals surface area contributed by atoms with Crippen molar-refractivity contribution in [1.82, 2.24) is 19.6 Å². The van der Waals surface area contributed by atoms with Crippen LogP contribution in [0.15, 0.2) is 60.9 Å². The topological polar surface area (TPSA) is 69.1 Å². The van der Waals surface area contributed by atoms with Crippen molar-refractivity contribution in [2.24, 2.45) is 0 Å². The molecule has 23 heavy (non-hydrogen) atoms. The Balaban J connectivity index is 2.06. The largest absolute Gasteiger partial charge is 0.384 e. The Bertz CT molecular complexity index is 1010. The van der Waals surface area contributed by atoms with E-state index in [2.05, 4.69) is 10.1 Å². The Labute approximate surface area is 137 Å². The number of nitrogens with zero attached hydrogens (tertiary/aromatic N) is 4. The van der Waals surface area contributed by atoms with E-state index >= 15 is 0 Å². The Kier molecular flexibility index (Phi) is 3.20. The number of fused-ring (bicyclic) bond motifs is 1. The molecular weight excluding hydrogens is 310 g/mol. The third-order valence-electron chi connectivity index (χ3n) is 3.55. The molecule has 4 aromatic rings. The second-order valence-electron chi connectivity index (χ2n) is 5.08. The number of benzene rings is 1. The van der Waals surface area contributed by atoms with Crippen molar-refractivity contribution in [3.05, 3.63) is 65.9 Å². The third-order valence-corrected chi connectivity index (χ3v) is 3.78. The molecule has 0 aliphatic rings. The summed E-state index contributed by atoms with van der Waals surface area (Å²) >= 11 is 6.14. The van der Waals surface area contributed by atoms with Gasteiger partial charge >= 0.3 is 0 Å². The third kappa shape index (κ3) is 2.41. The fourth-order valence-electron chi connectivity index (χ4n) is 2.58. The molecule has 4 rings (SSSR count). The van der Waals surface area contributed by atoms with Gasteiger partial charge in [0.05, 0.1) is 5.69 Å². The van der Waals surface area contributed by atoms with Gasteiger partial charge in [0.15, 0.2) is 5.65 Å². The monoisotopic (exact) mass is 321 g/mol. The minimum atomic E-state index is 0.449. The molecule has 0 atom stereocenters. The number of nitrogens with two attached hydrogens (primary N) is 1. The maximum Gasteiger partial charge on any atom is 0.154 e. The number of halogens is 1. The van der Waals surface area contributed by atoms with Crippen molar-refractivity contribution in [2.45, 2.75) is 0 Å². The zero-order valence-electron chi connectivity index (χ0n) is 12.0. The molecule has 0 aliphatic carbocycles. The zero-order chi connectivity index (χ0) is 15.8. The van der Waals surface area contributed by atoms with Gasteiger partial charge in [-0.05, 0) is 36.4 Å². The van der Waals surface area contributed by atoms with Gasteiger partial charge in [0, 0.05) is 28.5 Å². The first kappa shape index (κ1) is 13.7. The molecule has 0 aliphatic heterocycles. The van der Waals surface area contributed by atoms with E-state index in [1.807, 2.05) is 48.5 Å². The summed E-state index contributed by atoms with van der Waals surface area (Å²) in [6.07, 6.45) is 3.40. The quantitative estimate of drug-likeness (QED) is 0.611. The van der Waals surface area contributed by atoms with E-state index in [-0.39, 0.29) is 0 Å². The molecule has 0 radical (unpaired) electrons. The SMILES string of the molecule is Nc1cc(-c2c(-c3cccc(Cl)c3)nc3cccnn23)ccn1. The molecule has 0 bridgehead atoms. The van der Waals surface area contributed by atoms with E-state index in [4.69, 9.17) is 22.3 Å². The maximum atomic E-state index is 6.14. The van der Waals surface area contributed by atoms with E-state index in [0.29, 0.717) is 10.8 Å². The van der Waals surface area contributed by atoms with Crippen molar-refractivity contribution in [1.29, 1.82) is 0 Å². The van der Waals surface area contributed by atoms with Crippen LogP contribution in [0.25, 0.3) is 28.2 Å². The van der Waals surface area contributed by atoms with Crippen LogP contribution in [0.2, 0.25) is 5.02 Å². The predicted octanol–water partition coefficient (Wildman–Crippen LogP) is 3.69. The lowest BCUT2D eigenvalue weighted by atomic mass is 10.1. The molecule has 112 valence electrons. The molecule has 0 spiro atoms. The van der Waals surface area contributed by atoms with E-state index < -0.39 is 0 Å². The van der Waals surface area contributed by atoms with Crippen LogP contribution in [0, 0.1) is 0 Å².